The van der Waals surface area contributed by atoms with Crippen LogP contribution in [0.4, 0.5) is 0 Å². The summed E-state index contributed by atoms with van der Waals surface area (Å²) in [6.07, 6.45) is 2.62. The van der Waals surface area contributed by atoms with Crippen LogP contribution in [0.1, 0.15) is 36.3 Å². The number of rotatable bonds is 5. The van der Waals surface area contributed by atoms with Gasteiger partial charge in [0, 0.05) is 18.8 Å². The molecule has 0 fully saturated rings. The topological polar surface area (TPSA) is 53.4 Å². The van der Waals surface area contributed by atoms with E-state index >= 15 is 0 Å². The fourth-order valence-corrected chi connectivity index (χ4v) is 1.45. The molecule has 0 amide bonds. The van der Waals surface area contributed by atoms with Crippen molar-refractivity contribution in [1.29, 1.82) is 0 Å². The highest BCUT2D eigenvalue weighted by Gasteiger charge is 2.09. The van der Waals surface area contributed by atoms with Crippen LogP contribution in [-0.4, -0.2) is 34.0 Å². The van der Waals surface area contributed by atoms with Gasteiger partial charge in [-0.1, -0.05) is 6.92 Å². The van der Waals surface area contributed by atoms with Crippen molar-refractivity contribution in [2.24, 2.45) is 0 Å². The molecule has 0 radical (unpaired) electrons. The van der Waals surface area contributed by atoms with Crippen LogP contribution in [0.5, 0.6) is 0 Å². The minimum absolute atomic E-state index is 0.107. The maximum absolute atomic E-state index is 10.8. The van der Waals surface area contributed by atoms with Crippen molar-refractivity contribution in [2.75, 3.05) is 7.05 Å². The monoisotopic (exact) mass is 222 g/mol. The summed E-state index contributed by atoms with van der Waals surface area (Å²) in [5.74, 6) is -0.979. The van der Waals surface area contributed by atoms with Crippen LogP contribution < -0.4 is 0 Å². The summed E-state index contributed by atoms with van der Waals surface area (Å²) in [5, 5.41) is 8.82. The van der Waals surface area contributed by atoms with Crippen LogP contribution in [0.15, 0.2) is 18.3 Å². The van der Waals surface area contributed by atoms with Gasteiger partial charge in [0.15, 0.2) is 0 Å². The van der Waals surface area contributed by atoms with E-state index in [2.05, 4.69) is 23.7 Å². The number of pyridine rings is 1. The highest BCUT2D eigenvalue weighted by atomic mass is 16.4. The molecule has 16 heavy (non-hydrogen) atoms. The van der Waals surface area contributed by atoms with Crippen molar-refractivity contribution < 1.29 is 9.90 Å². The third-order valence-electron chi connectivity index (χ3n) is 2.82. The first kappa shape index (κ1) is 12.6. The van der Waals surface area contributed by atoms with Crippen molar-refractivity contribution in [3.8, 4) is 0 Å². The number of aromatic carboxylic acids is 1. The molecule has 1 atom stereocenters. The third kappa shape index (κ3) is 3.31. The zero-order valence-electron chi connectivity index (χ0n) is 9.97. The Balaban J connectivity index is 2.74. The second-order valence-electron chi connectivity index (χ2n) is 4.03. The molecule has 4 heteroatoms. The SMILES string of the molecule is CCC(C)N(C)Cc1ccnc(C(=O)O)c1. The molecule has 0 spiro atoms. The summed E-state index contributed by atoms with van der Waals surface area (Å²) < 4.78 is 0. The summed E-state index contributed by atoms with van der Waals surface area (Å²) in [6.45, 7) is 5.04. The average Bonchev–Trinajstić information content (AvgIpc) is 2.28. The molecule has 1 aromatic rings. The molecular formula is C12H18N2O2. The normalized spacial score (nSPS) is 12.8. The molecule has 1 heterocycles. The van der Waals surface area contributed by atoms with Gasteiger partial charge in [-0.05, 0) is 38.1 Å². The number of hydrogen-bond acceptors (Lipinski definition) is 3. The Hall–Kier alpha value is -1.42. The highest BCUT2D eigenvalue weighted by Crippen LogP contribution is 2.09. The first-order valence-electron chi connectivity index (χ1n) is 5.43. The number of carbonyl (C=O) groups is 1. The summed E-state index contributed by atoms with van der Waals surface area (Å²) >= 11 is 0. The van der Waals surface area contributed by atoms with Gasteiger partial charge in [-0.25, -0.2) is 9.78 Å². The van der Waals surface area contributed by atoms with Crippen LogP contribution >= 0.6 is 0 Å². The molecule has 0 saturated heterocycles. The van der Waals surface area contributed by atoms with E-state index in [-0.39, 0.29) is 5.69 Å². The molecule has 1 N–H and O–H groups in total. The largest absolute Gasteiger partial charge is 0.477 e. The third-order valence-corrected chi connectivity index (χ3v) is 2.82. The van der Waals surface area contributed by atoms with Crippen LogP contribution in [0.25, 0.3) is 0 Å². The Kier molecular flexibility index (Phi) is 4.43. The van der Waals surface area contributed by atoms with E-state index in [0.29, 0.717) is 6.04 Å². The van der Waals surface area contributed by atoms with E-state index in [0.717, 1.165) is 18.5 Å². The van der Waals surface area contributed by atoms with Crippen molar-refractivity contribution in [2.45, 2.75) is 32.9 Å². The minimum Gasteiger partial charge on any atom is -0.477 e. The number of carboxylic acid groups (broad SMARTS) is 1. The molecule has 1 unspecified atom stereocenters. The molecule has 0 aromatic carbocycles. The average molecular weight is 222 g/mol. The molecule has 1 rings (SSSR count). The van der Waals surface area contributed by atoms with E-state index < -0.39 is 5.97 Å². The Morgan fingerprint density at radius 1 is 1.62 bits per heavy atom. The second-order valence-corrected chi connectivity index (χ2v) is 4.03. The van der Waals surface area contributed by atoms with Gasteiger partial charge in [0.25, 0.3) is 0 Å². The molecule has 1 aromatic heterocycles. The molecule has 88 valence electrons. The standard InChI is InChI=1S/C12H18N2O2/c1-4-9(2)14(3)8-10-5-6-13-11(7-10)12(15)16/h5-7,9H,4,8H2,1-3H3,(H,15,16). The molecule has 0 aliphatic rings. The van der Waals surface area contributed by atoms with Gasteiger partial charge in [0.05, 0.1) is 0 Å². The summed E-state index contributed by atoms with van der Waals surface area (Å²) in [5.41, 5.74) is 1.09. The molecule has 0 saturated carbocycles. The van der Waals surface area contributed by atoms with Gasteiger partial charge in [-0.15, -0.1) is 0 Å². The van der Waals surface area contributed by atoms with Crippen molar-refractivity contribution in [3.05, 3.63) is 29.6 Å². The molecule has 0 aliphatic carbocycles. The maximum Gasteiger partial charge on any atom is 0.354 e. The lowest BCUT2D eigenvalue weighted by Crippen LogP contribution is -2.27. The van der Waals surface area contributed by atoms with E-state index in [1.165, 1.54) is 0 Å². The van der Waals surface area contributed by atoms with E-state index in [1.54, 1.807) is 12.3 Å². The Bertz CT molecular complexity index is 366. The highest BCUT2D eigenvalue weighted by molar-refractivity contribution is 5.85. The smallest absolute Gasteiger partial charge is 0.354 e. The van der Waals surface area contributed by atoms with Crippen LogP contribution in [0, 0.1) is 0 Å². The van der Waals surface area contributed by atoms with E-state index in [4.69, 9.17) is 5.11 Å². The van der Waals surface area contributed by atoms with Gasteiger partial charge in [-0.3, -0.25) is 4.90 Å². The van der Waals surface area contributed by atoms with Gasteiger partial charge >= 0.3 is 5.97 Å². The van der Waals surface area contributed by atoms with Gasteiger partial charge in [-0.2, -0.15) is 0 Å². The zero-order valence-corrected chi connectivity index (χ0v) is 9.97. The lowest BCUT2D eigenvalue weighted by atomic mass is 10.1. The molecule has 0 bridgehead atoms. The fourth-order valence-electron chi connectivity index (χ4n) is 1.45. The predicted molar refractivity (Wildman–Crippen MR) is 62.4 cm³/mol. The van der Waals surface area contributed by atoms with Gasteiger partial charge < -0.3 is 5.11 Å². The Morgan fingerprint density at radius 3 is 2.88 bits per heavy atom. The molecule has 0 aliphatic heterocycles. The van der Waals surface area contributed by atoms with Crippen LogP contribution in [0.2, 0.25) is 0 Å². The quantitative estimate of drug-likeness (QED) is 0.828. The Morgan fingerprint density at radius 2 is 2.31 bits per heavy atom. The lowest BCUT2D eigenvalue weighted by Gasteiger charge is -2.23. The number of hydrogen-bond donors (Lipinski definition) is 1. The first-order chi connectivity index (χ1) is 7.54. The first-order valence-corrected chi connectivity index (χ1v) is 5.43. The van der Waals surface area contributed by atoms with Gasteiger partial charge in [0.1, 0.15) is 5.69 Å². The number of nitrogens with zero attached hydrogens (tertiary/aromatic N) is 2. The van der Waals surface area contributed by atoms with Crippen molar-refractivity contribution in [1.82, 2.24) is 9.88 Å². The van der Waals surface area contributed by atoms with Gasteiger partial charge in [0.2, 0.25) is 0 Å². The zero-order chi connectivity index (χ0) is 12.1. The van der Waals surface area contributed by atoms with E-state index in [9.17, 15) is 4.79 Å². The maximum atomic E-state index is 10.8. The number of aromatic nitrogens is 1. The predicted octanol–water partition coefficient (Wildman–Crippen LogP) is 2.01. The minimum atomic E-state index is -0.979. The summed E-state index contributed by atoms with van der Waals surface area (Å²) in [6, 6.07) is 3.97. The lowest BCUT2D eigenvalue weighted by molar-refractivity contribution is 0.0690. The van der Waals surface area contributed by atoms with E-state index in [1.807, 2.05) is 13.1 Å². The second kappa shape index (κ2) is 5.61. The molecule has 4 nitrogen and oxygen atoms in total. The van der Waals surface area contributed by atoms with Crippen LogP contribution in [0.3, 0.4) is 0 Å². The van der Waals surface area contributed by atoms with Crippen LogP contribution in [-0.2, 0) is 6.54 Å². The van der Waals surface area contributed by atoms with Crippen molar-refractivity contribution >= 4 is 5.97 Å². The summed E-state index contributed by atoms with van der Waals surface area (Å²) in [7, 11) is 2.04. The Labute approximate surface area is 95.9 Å². The fraction of sp³-hybridized carbons (Fsp3) is 0.500. The molecular weight excluding hydrogens is 204 g/mol. The number of carboxylic acids is 1. The summed E-state index contributed by atoms with van der Waals surface area (Å²) in [4.78, 5) is 16.7. The van der Waals surface area contributed by atoms with Crippen molar-refractivity contribution in [3.63, 3.8) is 0 Å².